The molecule has 0 aromatic heterocycles. The number of aromatic hydroxyl groups is 2. The Morgan fingerprint density at radius 3 is 2.04 bits per heavy atom. The van der Waals surface area contributed by atoms with E-state index in [1.54, 1.807) is 6.07 Å². The molecule has 0 saturated heterocycles. The zero-order valence-corrected chi connectivity index (χ0v) is 15.0. The van der Waals surface area contributed by atoms with Gasteiger partial charge >= 0.3 is 0 Å². The molecule has 4 aromatic rings. The van der Waals surface area contributed by atoms with Crippen molar-refractivity contribution in [3.8, 4) is 17.2 Å². The predicted octanol–water partition coefficient (Wildman–Crippen LogP) is 6.03. The molecule has 4 aromatic carbocycles. The Morgan fingerprint density at radius 1 is 0.815 bits per heavy atom. The average molecular weight is 375 g/mol. The van der Waals surface area contributed by atoms with Crippen molar-refractivity contribution in [1.29, 1.82) is 0 Å². The molecule has 5 rings (SSSR count). The minimum atomic E-state index is -0.221. The van der Waals surface area contributed by atoms with Crippen LogP contribution in [0.25, 0.3) is 27.6 Å². The molecule has 0 atom stereocenters. The number of halogens is 1. The second kappa shape index (κ2) is 5.93. The summed E-state index contributed by atoms with van der Waals surface area (Å²) < 4.78 is 5.87. The van der Waals surface area contributed by atoms with Crippen LogP contribution in [0.1, 0.15) is 11.1 Å². The lowest BCUT2D eigenvalue weighted by molar-refractivity contribution is 0.368. The fourth-order valence-corrected chi connectivity index (χ4v) is 4.05. The lowest BCUT2D eigenvalue weighted by atomic mass is 9.95. The van der Waals surface area contributed by atoms with Crippen molar-refractivity contribution in [2.75, 3.05) is 0 Å². The molecule has 0 saturated carbocycles. The fourth-order valence-electron chi connectivity index (χ4n) is 3.72. The molecule has 1 aliphatic rings. The second-order valence-electron chi connectivity index (χ2n) is 6.63. The summed E-state index contributed by atoms with van der Waals surface area (Å²) in [6.45, 7) is 0. The summed E-state index contributed by atoms with van der Waals surface area (Å²) in [7, 11) is 0. The van der Waals surface area contributed by atoms with E-state index in [0.29, 0.717) is 17.9 Å². The molecule has 0 amide bonds. The third-order valence-corrected chi connectivity index (χ3v) is 5.41. The van der Waals surface area contributed by atoms with Crippen molar-refractivity contribution >= 4 is 39.2 Å². The van der Waals surface area contributed by atoms with Crippen LogP contribution in [0.3, 0.4) is 0 Å². The van der Waals surface area contributed by atoms with E-state index in [1.165, 1.54) is 6.07 Å². The summed E-state index contributed by atoms with van der Waals surface area (Å²) in [6.07, 6.45) is 2.55. The van der Waals surface area contributed by atoms with Gasteiger partial charge in [-0.3, -0.25) is 0 Å². The first-order valence-corrected chi connectivity index (χ1v) is 9.02. The minimum Gasteiger partial charge on any atom is -0.504 e. The van der Waals surface area contributed by atoms with Gasteiger partial charge < -0.3 is 14.9 Å². The number of phenolic OH excluding ortho intramolecular Hbond substituents is 2. The molecule has 0 radical (unpaired) electrons. The average Bonchev–Trinajstić information content (AvgIpc) is 3.12. The maximum Gasteiger partial charge on any atom is 0.201 e. The maximum atomic E-state index is 10.1. The van der Waals surface area contributed by atoms with Gasteiger partial charge in [-0.1, -0.05) is 66.2 Å². The van der Waals surface area contributed by atoms with E-state index < -0.39 is 0 Å². The van der Waals surface area contributed by atoms with Crippen LogP contribution in [0.4, 0.5) is 0 Å². The summed E-state index contributed by atoms with van der Waals surface area (Å²) in [5.74, 6) is 0.631. The van der Waals surface area contributed by atoms with Gasteiger partial charge in [-0.25, -0.2) is 0 Å². The molecule has 27 heavy (non-hydrogen) atoms. The van der Waals surface area contributed by atoms with E-state index in [1.807, 2.05) is 54.6 Å². The molecule has 1 heterocycles. The Kier molecular flexibility index (Phi) is 3.52. The number of hydrogen-bond acceptors (Lipinski definition) is 3. The molecule has 0 fully saturated rings. The highest BCUT2D eigenvalue weighted by molar-refractivity contribution is 6.41. The zero-order chi connectivity index (χ0) is 18.5. The highest BCUT2D eigenvalue weighted by Gasteiger charge is 2.23. The summed E-state index contributed by atoms with van der Waals surface area (Å²) in [6, 6.07) is 19.3. The minimum absolute atomic E-state index is 0.183. The summed E-state index contributed by atoms with van der Waals surface area (Å²) in [5.41, 5.74) is 1.87. The number of hydrogen-bond donors (Lipinski definition) is 2. The van der Waals surface area contributed by atoms with Crippen molar-refractivity contribution in [2.45, 2.75) is 6.42 Å². The number of benzene rings is 4. The molecule has 3 nitrogen and oxygen atoms in total. The van der Waals surface area contributed by atoms with Crippen LogP contribution in [0, 0.1) is 0 Å². The van der Waals surface area contributed by atoms with Gasteiger partial charge in [0.05, 0.1) is 5.02 Å². The van der Waals surface area contributed by atoms with Gasteiger partial charge in [0.25, 0.3) is 0 Å². The van der Waals surface area contributed by atoms with Gasteiger partial charge in [-0.2, -0.15) is 0 Å². The number of rotatable bonds is 1. The second-order valence-corrected chi connectivity index (χ2v) is 7.01. The fraction of sp³-hybridized carbons (Fsp3) is 0.0435. The normalized spacial score (nSPS) is 14.6. The van der Waals surface area contributed by atoms with Gasteiger partial charge in [-0.05, 0) is 28.5 Å². The van der Waals surface area contributed by atoms with Gasteiger partial charge in [0, 0.05) is 22.8 Å². The van der Waals surface area contributed by atoms with Gasteiger partial charge in [0.1, 0.15) is 5.76 Å². The van der Waals surface area contributed by atoms with Crippen LogP contribution in [0.5, 0.6) is 17.2 Å². The standard InChI is InChI=1S/C23H15ClO3/c24-21-17-7-3-1-5-15(17)19(16-6-2-4-8-18(16)21)12-14-11-13-9-10-20(25)22(26)23(13)27-14/h1-10,12,25-26H,11H2. The number of phenols is 2. The van der Waals surface area contributed by atoms with E-state index in [4.69, 9.17) is 16.3 Å². The molecule has 0 bridgehead atoms. The van der Waals surface area contributed by atoms with Crippen molar-refractivity contribution in [2.24, 2.45) is 0 Å². The number of allylic oxidation sites excluding steroid dienone is 1. The Morgan fingerprint density at radius 2 is 1.41 bits per heavy atom. The topological polar surface area (TPSA) is 49.7 Å². The molecule has 1 aliphatic heterocycles. The molecule has 0 spiro atoms. The highest BCUT2D eigenvalue weighted by atomic mass is 35.5. The van der Waals surface area contributed by atoms with Gasteiger partial charge in [0.15, 0.2) is 11.5 Å². The Balaban J connectivity index is 1.75. The Bertz CT molecular complexity index is 1200. The summed E-state index contributed by atoms with van der Waals surface area (Å²) in [4.78, 5) is 0. The third kappa shape index (κ3) is 2.43. The SMILES string of the molecule is Oc1ccc2c(c1O)OC(=Cc1c3ccccc3c(Cl)c3ccccc13)C2. The number of fused-ring (bicyclic) bond motifs is 3. The van der Waals surface area contributed by atoms with Crippen molar-refractivity contribution < 1.29 is 14.9 Å². The maximum absolute atomic E-state index is 10.1. The van der Waals surface area contributed by atoms with E-state index >= 15 is 0 Å². The molecule has 0 aliphatic carbocycles. The Labute approximate surface area is 160 Å². The smallest absolute Gasteiger partial charge is 0.201 e. The molecular weight excluding hydrogens is 360 g/mol. The lowest BCUT2D eigenvalue weighted by Gasteiger charge is -2.12. The van der Waals surface area contributed by atoms with E-state index in [0.717, 1.165) is 37.7 Å². The zero-order valence-electron chi connectivity index (χ0n) is 14.2. The summed E-state index contributed by atoms with van der Waals surface area (Å²) >= 11 is 6.66. The lowest BCUT2D eigenvalue weighted by Crippen LogP contribution is -1.91. The van der Waals surface area contributed by atoms with Crippen LogP contribution in [-0.2, 0) is 6.42 Å². The third-order valence-electron chi connectivity index (χ3n) is 5.00. The first kappa shape index (κ1) is 16.0. The predicted molar refractivity (Wildman–Crippen MR) is 109 cm³/mol. The van der Waals surface area contributed by atoms with Crippen LogP contribution in [0.2, 0.25) is 5.02 Å². The Hall–Kier alpha value is -3.17. The van der Waals surface area contributed by atoms with E-state index in [9.17, 15) is 10.2 Å². The summed E-state index contributed by atoms with van der Waals surface area (Å²) in [5, 5.41) is 24.6. The van der Waals surface area contributed by atoms with Crippen LogP contribution >= 0.6 is 11.6 Å². The first-order chi connectivity index (χ1) is 13.1. The van der Waals surface area contributed by atoms with Crippen LogP contribution < -0.4 is 4.74 Å². The van der Waals surface area contributed by atoms with Gasteiger partial charge in [0.2, 0.25) is 5.75 Å². The van der Waals surface area contributed by atoms with E-state index in [-0.39, 0.29) is 11.5 Å². The van der Waals surface area contributed by atoms with Crippen LogP contribution in [-0.4, -0.2) is 10.2 Å². The van der Waals surface area contributed by atoms with E-state index in [2.05, 4.69) is 0 Å². The molecule has 2 N–H and O–H groups in total. The van der Waals surface area contributed by atoms with Crippen molar-refractivity contribution in [1.82, 2.24) is 0 Å². The van der Waals surface area contributed by atoms with Crippen molar-refractivity contribution in [3.05, 3.63) is 82.6 Å². The van der Waals surface area contributed by atoms with Gasteiger partial charge in [-0.15, -0.1) is 0 Å². The quantitative estimate of drug-likeness (QED) is 0.316. The molecular formula is C23H15ClO3. The largest absolute Gasteiger partial charge is 0.504 e. The monoisotopic (exact) mass is 374 g/mol. The highest BCUT2D eigenvalue weighted by Crippen LogP contribution is 2.45. The number of ether oxygens (including phenoxy) is 1. The molecule has 4 heteroatoms. The molecule has 0 unspecified atom stereocenters. The van der Waals surface area contributed by atoms with Crippen molar-refractivity contribution in [3.63, 3.8) is 0 Å². The van der Waals surface area contributed by atoms with Crippen LogP contribution in [0.15, 0.2) is 66.4 Å². The molecule has 132 valence electrons. The first-order valence-electron chi connectivity index (χ1n) is 8.64.